The van der Waals surface area contributed by atoms with Crippen LogP contribution in [0.15, 0.2) is 35.1 Å². The summed E-state index contributed by atoms with van der Waals surface area (Å²) in [6.45, 7) is 2.17. The number of para-hydroxylation sites is 1. The molecule has 0 saturated heterocycles. The van der Waals surface area contributed by atoms with Crippen LogP contribution in [0.5, 0.6) is 5.75 Å². The highest BCUT2D eigenvalue weighted by molar-refractivity contribution is 6.29. The Bertz CT molecular complexity index is 623. The topological polar surface area (TPSA) is 44.1 Å². The number of ether oxygens (including phenoxy) is 1. The van der Waals surface area contributed by atoms with Crippen molar-refractivity contribution in [2.24, 2.45) is 0 Å². The highest BCUT2D eigenvalue weighted by atomic mass is 35.5. The summed E-state index contributed by atoms with van der Waals surface area (Å²) >= 11 is 5.73. The van der Waals surface area contributed by atoms with Gasteiger partial charge in [0.15, 0.2) is 0 Å². The SMILES string of the molecule is COc1ccccc1Cn1c(C)nc(Cl)cc1=O. The van der Waals surface area contributed by atoms with Gasteiger partial charge in [-0.3, -0.25) is 9.36 Å². The number of rotatable bonds is 3. The molecule has 0 amide bonds. The molecular formula is C13H13ClN2O2. The molecule has 0 spiro atoms. The summed E-state index contributed by atoms with van der Waals surface area (Å²) in [4.78, 5) is 15.9. The van der Waals surface area contributed by atoms with Crippen LogP contribution in [0.3, 0.4) is 0 Å². The molecule has 0 N–H and O–H groups in total. The van der Waals surface area contributed by atoms with E-state index >= 15 is 0 Å². The van der Waals surface area contributed by atoms with Gasteiger partial charge in [-0.1, -0.05) is 29.8 Å². The molecule has 0 unspecified atom stereocenters. The average molecular weight is 265 g/mol. The van der Waals surface area contributed by atoms with Gasteiger partial charge in [0.25, 0.3) is 5.56 Å². The maximum absolute atomic E-state index is 11.9. The monoisotopic (exact) mass is 264 g/mol. The lowest BCUT2D eigenvalue weighted by Gasteiger charge is -2.12. The predicted octanol–water partition coefficient (Wildman–Crippen LogP) is 2.26. The van der Waals surface area contributed by atoms with Gasteiger partial charge in [0.05, 0.1) is 13.7 Å². The number of hydrogen-bond donors (Lipinski definition) is 0. The summed E-state index contributed by atoms with van der Waals surface area (Å²) in [7, 11) is 1.61. The third-order valence-corrected chi connectivity index (χ3v) is 2.88. The highest BCUT2D eigenvalue weighted by Gasteiger charge is 2.07. The van der Waals surface area contributed by atoms with Gasteiger partial charge in [0, 0.05) is 11.6 Å². The third-order valence-electron chi connectivity index (χ3n) is 2.69. The largest absolute Gasteiger partial charge is 0.496 e. The van der Waals surface area contributed by atoms with Crippen molar-refractivity contribution in [3.8, 4) is 5.75 Å². The van der Waals surface area contributed by atoms with E-state index in [1.54, 1.807) is 18.6 Å². The molecule has 94 valence electrons. The Hall–Kier alpha value is -1.81. The zero-order valence-corrected chi connectivity index (χ0v) is 10.9. The zero-order valence-electron chi connectivity index (χ0n) is 10.2. The Morgan fingerprint density at radius 2 is 2.11 bits per heavy atom. The lowest BCUT2D eigenvalue weighted by Crippen LogP contribution is -2.23. The van der Waals surface area contributed by atoms with Crippen molar-refractivity contribution in [1.82, 2.24) is 9.55 Å². The van der Waals surface area contributed by atoms with Gasteiger partial charge < -0.3 is 4.74 Å². The van der Waals surface area contributed by atoms with Crippen LogP contribution in [0.4, 0.5) is 0 Å². The van der Waals surface area contributed by atoms with E-state index in [1.165, 1.54) is 6.07 Å². The van der Waals surface area contributed by atoms with Gasteiger partial charge >= 0.3 is 0 Å². The summed E-state index contributed by atoms with van der Waals surface area (Å²) in [5, 5.41) is 0.216. The van der Waals surface area contributed by atoms with E-state index in [-0.39, 0.29) is 10.7 Å². The molecule has 0 atom stereocenters. The molecule has 5 heteroatoms. The minimum Gasteiger partial charge on any atom is -0.496 e. The van der Waals surface area contributed by atoms with Gasteiger partial charge in [-0.05, 0) is 13.0 Å². The lowest BCUT2D eigenvalue weighted by molar-refractivity contribution is 0.408. The molecular weight excluding hydrogens is 252 g/mol. The number of hydrogen-bond acceptors (Lipinski definition) is 3. The Balaban J connectivity index is 2.43. The Kier molecular flexibility index (Phi) is 3.67. The molecule has 0 aliphatic rings. The third kappa shape index (κ3) is 2.54. The summed E-state index contributed by atoms with van der Waals surface area (Å²) in [5.41, 5.74) is 0.757. The summed E-state index contributed by atoms with van der Waals surface area (Å²) in [6, 6.07) is 8.88. The van der Waals surface area contributed by atoms with Gasteiger partial charge in [-0.2, -0.15) is 0 Å². The summed E-state index contributed by atoms with van der Waals surface area (Å²) < 4.78 is 6.82. The van der Waals surface area contributed by atoms with Crippen molar-refractivity contribution in [1.29, 1.82) is 0 Å². The molecule has 1 heterocycles. The predicted molar refractivity (Wildman–Crippen MR) is 70.3 cm³/mol. The molecule has 0 bridgehead atoms. The molecule has 0 aliphatic carbocycles. The van der Waals surface area contributed by atoms with Crippen molar-refractivity contribution >= 4 is 11.6 Å². The molecule has 0 aliphatic heterocycles. The first kappa shape index (κ1) is 12.6. The molecule has 0 fully saturated rings. The zero-order chi connectivity index (χ0) is 13.1. The number of halogens is 1. The maximum atomic E-state index is 11.9. The highest BCUT2D eigenvalue weighted by Crippen LogP contribution is 2.18. The summed E-state index contributed by atoms with van der Waals surface area (Å²) in [6.07, 6.45) is 0. The van der Waals surface area contributed by atoms with Crippen molar-refractivity contribution in [3.05, 3.63) is 57.2 Å². The van der Waals surface area contributed by atoms with Crippen molar-refractivity contribution in [2.45, 2.75) is 13.5 Å². The van der Waals surface area contributed by atoms with E-state index in [9.17, 15) is 4.79 Å². The van der Waals surface area contributed by atoms with E-state index in [1.807, 2.05) is 24.3 Å². The van der Waals surface area contributed by atoms with Crippen LogP contribution >= 0.6 is 11.6 Å². The summed E-state index contributed by atoms with van der Waals surface area (Å²) in [5.74, 6) is 1.33. The molecule has 2 aromatic rings. The smallest absolute Gasteiger partial charge is 0.255 e. The second-order valence-corrected chi connectivity index (χ2v) is 4.25. The molecule has 1 aromatic carbocycles. The average Bonchev–Trinajstić information content (AvgIpc) is 2.34. The first-order valence-corrected chi connectivity index (χ1v) is 5.85. The molecule has 18 heavy (non-hydrogen) atoms. The van der Waals surface area contributed by atoms with Crippen molar-refractivity contribution < 1.29 is 4.74 Å². The fraction of sp³-hybridized carbons (Fsp3) is 0.231. The van der Waals surface area contributed by atoms with E-state index < -0.39 is 0 Å². The van der Waals surface area contributed by atoms with Gasteiger partial charge in [-0.15, -0.1) is 0 Å². The Morgan fingerprint density at radius 1 is 1.39 bits per heavy atom. The van der Waals surface area contributed by atoms with Gasteiger partial charge in [0.2, 0.25) is 0 Å². The first-order chi connectivity index (χ1) is 8.61. The minimum absolute atomic E-state index is 0.168. The van der Waals surface area contributed by atoms with Crippen LogP contribution in [-0.4, -0.2) is 16.7 Å². The van der Waals surface area contributed by atoms with Gasteiger partial charge in [-0.25, -0.2) is 4.98 Å². The Labute approximate surface area is 110 Å². The van der Waals surface area contributed by atoms with Crippen LogP contribution in [-0.2, 0) is 6.54 Å². The van der Waals surface area contributed by atoms with Crippen LogP contribution < -0.4 is 10.3 Å². The molecule has 0 saturated carbocycles. The Morgan fingerprint density at radius 3 is 2.78 bits per heavy atom. The number of benzene rings is 1. The van der Waals surface area contributed by atoms with Crippen molar-refractivity contribution in [3.63, 3.8) is 0 Å². The number of aromatic nitrogens is 2. The molecule has 4 nitrogen and oxygen atoms in total. The maximum Gasteiger partial charge on any atom is 0.255 e. The minimum atomic E-state index is -0.168. The molecule has 1 aromatic heterocycles. The van der Waals surface area contributed by atoms with Crippen molar-refractivity contribution in [2.75, 3.05) is 7.11 Å². The van der Waals surface area contributed by atoms with E-state index in [2.05, 4.69) is 4.98 Å². The standard InChI is InChI=1S/C13H13ClN2O2/c1-9-15-12(14)7-13(17)16(9)8-10-5-3-4-6-11(10)18-2/h3-7H,8H2,1-2H3. The fourth-order valence-electron chi connectivity index (χ4n) is 1.78. The molecule has 2 rings (SSSR count). The van der Waals surface area contributed by atoms with Crippen LogP contribution in [0.1, 0.15) is 11.4 Å². The number of methoxy groups -OCH3 is 1. The first-order valence-electron chi connectivity index (χ1n) is 5.47. The quantitative estimate of drug-likeness (QED) is 0.799. The second kappa shape index (κ2) is 5.23. The van der Waals surface area contributed by atoms with Crippen LogP contribution in [0.2, 0.25) is 5.15 Å². The van der Waals surface area contributed by atoms with E-state index in [0.717, 1.165) is 11.3 Å². The van der Waals surface area contributed by atoms with Crippen LogP contribution in [0, 0.1) is 6.92 Å². The fourth-order valence-corrected chi connectivity index (χ4v) is 2.00. The number of nitrogens with zero attached hydrogens (tertiary/aromatic N) is 2. The molecule has 0 radical (unpaired) electrons. The number of aryl methyl sites for hydroxylation is 1. The van der Waals surface area contributed by atoms with E-state index in [4.69, 9.17) is 16.3 Å². The lowest BCUT2D eigenvalue weighted by atomic mass is 10.2. The van der Waals surface area contributed by atoms with Gasteiger partial charge in [0.1, 0.15) is 16.7 Å². The normalized spacial score (nSPS) is 10.4. The van der Waals surface area contributed by atoms with Crippen LogP contribution in [0.25, 0.3) is 0 Å². The second-order valence-electron chi connectivity index (χ2n) is 3.86. The van der Waals surface area contributed by atoms with E-state index in [0.29, 0.717) is 12.4 Å².